The van der Waals surface area contributed by atoms with Crippen LogP contribution in [0.15, 0.2) is 53.6 Å². The van der Waals surface area contributed by atoms with E-state index in [1.54, 1.807) is 30.1 Å². The molecule has 43 heavy (non-hydrogen) atoms. The number of amides is 1. The third-order valence-corrected chi connectivity index (χ3v) is 7.89. The first-order valence-electron chi connectivity index (χ1n) is 13.7. The number of rotatable bonds is 8. The third-order valence-electron chi connectivity index (χ3n) is 7.12. The Labute approximate surface area is 254 Å². The molecule has 5 rings (SSSR count). The quantitative estimate of drug-likeness (QED) is 0.278. The third kappa shape index (κ3) is 6.89. The molecule has 3 aromatic heterocycles. The molecule has 0 aliphatic carbocycles. The lowest BCUT2D eigenvalue weighted by atomic mass is 10.0. The number of sulfonamides is 1. The molecule has 4 heterocycles. The Balaban J connectivity index is 1.50. The number of fused-ring (bicyclic) bond motifs is 1. The van der Waals surface area contributed by atoms with Crippen LogP contribution in [0.1, 0.15) is 47.4 Å². The zero-order chi connectivity index (χ0) is 30.9. The van der Waals surface area contributed by atoms with Crippen LogP contribution < -0.4 is 25.2 Å². The van der Waals surface area contributed by atoms with Gasteiger partial charge in [0.1, 0.15) is 17.0 Å². The molecule has 1 aliphatic rings. The summed E-state index contributed by atoms with van der Waals surface area (Å²) >= 11 is 6.03. The second-order valence-corrected chi connectivity index (χ2v) is 12.8. The first kappa shape index (κ1) is 30.2. The minimum Gasteiger partial charge on any atom is -0.487 e. The summed E-state index contributed by atoms with van der Waals surface area (Å²) in [4.78, 5) is 41.6. The molecule has 1 fully saturated rings. The van der Waals surface area contributed by atoms with E-state index < -0.39 is 22.0 Å². The lowest BCUT2D eigenvalue weighted by Gasteiger charge is -2.34. The summed E-state index contributed by atoms with van der Waals surface area (Å²) in [6, 6.07) is 10.0. The Morgan fingerprint density at radius 2 is 2.00 bits per heavy atom. The van der Waals surface area contributed by atoms with Gasteiger partial charge in [0, 0.05) is 25.4 Å². The number of aromatic nitrogens is 4. The Kier molecular flexibility index (Phi) is 8.56. The molecule has 226 valence electrons. The van der Waals surface area contributed by atoms with Crippen LogP contribution in [0.2, 0.25) is 5.15 Å². The number of carbonyl (C=O) groups is 1. The number of piperidine rings is 1. The molecule has 14 heteroatoms. The topological polar surface area (TPSA) is 148 Å². The highest BCUT2D eigenvalue weighted by molar-refractivity contribution is 7.89. The Hall–Kier alpha value is -4.23. The van der Waals surface area contributed by atoms with Crippen molar-refractivity contribution in [1.29, 1.82) is 0 Å². The fraction of sp³-hybridized carbons (Fsp3) is 0.345. The monoisotopic (exact) mass is 625 g/mol. The van der Waals surface area contributed by atoms with E-state index in [9.17, 15) is 18.0 Å². The smallest absolute Gasteiger partial charge is 0.285 e. The number of aryl methyl sites for hydroxylation is 1. The van der Waals surface area contributed by atoms with E-state index in [1.807, 2.05) is 42.8 Å². The first-order valence-corrected chi connectivity index (χ1v) is 15.9. The minimum atomic E-state index is -3.84. The number of hydrogen-bond donors (Lipinski definition) is 2. The van der Waals surface area contributed by atoms with Crippen molar-refractivity contribution < 1.29 is 17.9 Å². The molecule has 0 saturated carbocycles. The predicted molar refractivity (Wildman–Crippen MR) is 165 cm³/mol. The number of carbonyl (C=O) groups excluding carboxylic acids is 1. The van der Waals surface area contributed by atoms with Gasteiger partial charge in [-0.2, -0.15) is 0 Å². The van der Waals surface area contributed by atoms with Crippen molar-refractivity contribution in [3.63, 3.8) is 0 Å². The molecule has 12 nitrogen and oxygen atoms in total. The number of hydrogen-bond acceptors (Lipinski definition) is 10. The molecule has 1 amide bonds. The highest BCUT2D eigenvalue weighted by atomic mass is 35.5. The van der Waals surface area contributed by atoms with Gasteiger partial charge in [0.2, 0.25) is 16.0 Å². The lowest BCUT2D eigenvalue weighted by molar-refractivity contribution is 0.0977. The van der Waals surface area contributed by atoms with Crippen molar-refractivity contribution in [3.05, 3.63) is 81.1 Å². The van der Waals surface area contributed by atoms with Crippen molar-refractivity contribution in [2.75, 3.05) is 29.6 Å². The van der Waals surface area contributed by atoms with Gasteiger partial charge in [0.05, 0.1) is 41.6 Å². The number of nitrogens with zero attached hydrogens (tertiary/aromatic N) is 5. The molecule has 2 N–H and O–H groups in total. The zero-order valence-corrected chi connectivity index (χ0v) is 25.7. The molecule has 0 radical (unpaired) electrons. The van der Waals surface area contributed by atoms with Gasteiger partial charge >= 0.3 is 0 Å². The number of ether oxygens (including phenoxy) is 1. The summed E-state index contributed by atoms with van der Waals surface area (Å²) in [5.74, 6) is 0.292. The number of anilines is 2. The van der Waals surface area contributed by atoms with Crippen molar-refractivity contribution in [1.82, 2.24) is 24.2 Å². The van der Waals surface area contributed by atoms with Crippen LogP contribution >= 0.6 is 11.6 Å². The number of pyridine rings is 2. The Bertz CT molecular complexity index is 1850. The summed E-state index contributed by atoms with van der Waals surface area (Å²) in [6.45, 7) is 5.01. The SMILES string of the molecule is Cc1cc([C@@H](C)Nc2ccc(Cl)nc2C(=O)NS(C)(=O)=O)c2nc(N3CCC[C@@H](Oc4cccnc4)C3)n(C)c(=O)c2c1. The molecule has 0 spiro atoms. The Morgan fingerprint density at radius 3 is 2.72 bits per heavy atom. The van der Waals surface area contributed by atoms with Gasteiger partial charge in [0.15, 0.2) is 5.69 Å². The van der Waals surface area contributed by atoms with Crippen molar-refractivity contribution in [2.24, 2.45) is 7.05 Å². The molecular formula is C29H32ClN7O5S. The van der Waals surface area contributed by atoms with Gasteiger partial charge in [-0.3, -0.25) is 19.1 Å². The summed E-state index contributed by atoms with van der Waals surface area (Å²) in [5, 5.41) is 3.73. The van der Waals surface area contributed by atoms with E-state index in [0.717, 1.165) is 30.2 Å². The standard InChI is InChI=1S/C29H32ClN7O5S/c1-17-13-21(18(2)32-23-9-10-24(30)33-26(23)27(38)35-43(4,40)41)25-22(14-17)28(39)36(3)29(34-25)37-12-6-8-20(16-37)42-19-7-5-11-31-15-19/h5,7,9-11,13-15,18,20,32H,6,8,12,16H2,1-4H3,(H,35,38)/t18-,20-/m1/s1. The van der Waals surface area contributed by atoms with E-state index >= 15 is 0 Å². The van der Waals surface area contributed by atoms with Crippen LogP contribution in [0.25, 0.3) is 10.9 Å². The summed E-state index contributed by atoms with van der Waals surface area (Å²) in [5.41, 5.74) is 1.99. The number of halogens is 1. The Morgan fingerprint density at radius 1 is 1.21 bits per heavy atom. The zero-order valence-electron chi connectivity index (χ0n) is 24.2. The average Bonchev–Trinajstić information content (AvgIpc) is 2.95. The van der Waals surface area contributed by atoms with Gasteiger partial charge in [-0.15, -0.1) is 0 Å². The van der Waals surface area contributed by atoms with E-state index in [1.165, 1.54) is 6.07 Å². The van der Waals surface area contributed by atoms with Gasteiger partial charge in [-0.1, -0.05) is 17.7 Å². The highest BCUT2D eigenvalue weighted by Gasteiger charge is 2.26. The lowest BCUT2D eigenvalue weighted by Crippen LogP contribution is -2.44. The second kappa shape index (κ2) is 12.2. The summed E-state index contributed by atoms with van der Waals surface area (Å²) < 4.78 is 33.1. The maximum atomic E-state index is 13.7. The van der Waals surface area contributed by atoms with Crippen LogP contribution in [-0.4, -0.2) is 59.3 Å². The molecule has 1 aliphatic heterocycles. The fourth-order valence-electron chi connectivity index (χ4n) is 5.23. The average molecular weight is 626 g/mol. The van der Waals surface area contributed by atoms with E-state index in [0.29, 0.717) is 35.7 Å². The van der Waals surface area contributed by atoms with Crippen molar-refractivity contribution in [2.45, 2.75) is 38.8 Å². The van der Waals surface area contributed by atoms with Gasteiger partial charge in [0.25, 0.3) is 11.5 Å². The normalized spacial score (nSPS) is 16.1. The number of nitrogens with one attached hydrogen (secondary N) is 2. The van der Waals surface area contributed by atoms with Gasteiger partial charge in [-0.25, -0.2) is 23.1 Å². The van der Waals surface area contributed by atoms with Crippen LogP contribution in [0, 0.1) is 6.92 Å². The minimum absolute atomic E-state index is 0.0278. The van der Waals surface area contributed by atoms with E-state index in [4.69, 9.17) is 21.3 Å². The predicted octanol–water partition coefficient (Wildman–Crippen LogP) is 3.60. The molecule has 2 atom stereocenters. The highest BCUT2D eigenvalue weighted by Crippen LogP contribution is 2.30. The maximum absolute atomic E-state index is 13.7. The summed E-state index contributed by atoms with van der Waals surface area (Å²) in [6.07, 6.45) is 5.88. The molecule has 0 bridgehead atoms. The van der Waals surface area contributed by atoms with Crippen molar-refractivity contribution >= 4 is 50.1 Å². The van der Waals surface area contributed by atoms with Crippen molar-refractivity contribution in [3.8, 4) is 5.75 Å². The molecule has 4 aromatic rings. The second-order valence-electron chi connectivity index (χ2n) is 10.6. The van der Waals surface area contributed by atoms with Crippen LogP contribution in [0.5, 0.6) is 5.75 Å². The van der Waals surface area contributed by atoms with Crippen LogP contribution in [-0.2, 0) is 17.1 Å². The van der Waals surface area contributed by atoms with Crippen LogP contribution in [0.4, 0.5) is 11.6 Å². The van der Waals surface area contributed by atoms with E-state index in [-0.39, 0.29) is 28.2 Å². The molecule has 1 saturated heterocycles. The van der Waals surface area contributed by atoms with Gasteiger partial charge in [-0.05, 0) is 62.6 Å². The summed E-state index contributed by atoms with van der Waals surface area (Å²) in [7, 11) is -2.12. The fourth-order valence-corrected chi connectivity index (χ4v) is 5.81. The molecule has 1 aromatic carbocycles. The largest absolute Gasteiger partial charge is 0.487 e. The molecular weight excluding hydrogens is 594 g/mol. The number of benzene rings is 1. The molecule has 0 unspecified atom stereocenters. The first-order chi connectivity index (χ1) is 20.4. The van der Waals surface area contributed by atoms with E-state index in [2.05, 4.69) is 20.2 Å². The maximum Gasteiger partial charge on any atom is 0.285 e. The van der Waals surface area contributed by atoms with Gasteiger partial charge < -0.3 is 15.0 Å². The van der Waals surface area contributed by atoms with Crippen LogP contribution in [0.3, 0.4) is 0 Å².